The second kappa shape index (κ2) is 5.81. The molecule has 1 aromatic carbocycles. The van der Waals surface area contributed by atoms with Crippen LogP contribution in [0.4, 0.5) is 0 Å². The second-order valence-corrected chi connectivity index (χ2v) is 6.53. The topological polar surface area (TPSA) is 24.5 Å². The Hall–Kier alpha value is -0.580. The Morgan fingerprint density at radius 1 is 1.32 bits per heavy atom. The molecule has 2 bridgehead atoms. The smallest absolute Gasteiger partial charge is 0.123 e. The zero-order valence-corrected chi connectivity index (χ0v) is 12.9. The summed E-state index contributed by atoms with van der Waals surface area (Å²) in [6.45, 7) is 3.32. The molecule has 0 aromatic heterocycles. The van der Waals surface area contributed by atoms with Gasteiger partial charge in [0.1, 0.15) is 5.75 Å². The maximum absolute atomic E-state index is 5.47. The van der Waals surface area contributed by atoms with E-state index in [1.54, 1.807) is 7.11 Å². The van der Waals surface area contributed by atoms with Crippen LogP contribution in [0, 0.1) is 0 Å². The molecule has 1 aromatic rings. The zero-order chi connectivity index (χ0) is 13.2. The number of nitrogens with zero attached hydrogens (tertiary/aromatic N) is 1. The number of nitrogens with one attached hydrogen (secondary N) is 1. The molecule has 2 saturated heterocycles. The molecule has 2 fully saturated rings. The number of methoxy groups -OCH3 is 1. The van der Waals surface area contributed by atoms with Crippen molar-refractivity contribution in [2.24, 2.45) is 0 Å². The molecular formula is C15H21BrN2O. The fraction of sp³-hybridized carbons (Fsp3) is 0.600. The number of fused-ring (bicyclic) bond motifs is 2. The van der Waals surface area contributed by atoms with Gasteiger partial charge >= 0.3 is 0 Å². The van der Waals surface area contributed by atoms with Gasteiger partial charge in [-0.3, -0.25) is 4.90 Å². The third-order valence-electron chi connectivity index (χ3n) is 4.24. The quantitative estimate of drug-likeness (QED) is 0.925. The van der Waals surface area contributed by atoms with Crippen molar-refractivity contribution in [1.29, 1.82) is 0 Å². The van der Waals surface area contributed by atoms with Crippen LogP contribution in [0.1, 0.15) is 24.8 Å². The molecule has 0 amide bonds. The van der Waals surface area contributed by atoms with Crippen LogP contribution >= 0.6 is 15.9 Å². The first-order valence-corrected chi connectivity index (χ1v) is 7.84. The van der Waals surface area contributed by atoms with Gasteiger partial charge in [0, 0.05) is 41.8 Å². The van der Waals surface area contributed by atoms with Crippen LogP contribution in [0.25, 0.3) is 0 Å². The molecule has 2 atom stereocenters. The third kappa shape index (κ3) is 3.12. The van der Waals surface area contributed by atoms with Gasteiger partial charge in [-0.2, -0.15) is 0 Å². The Labute approximate surface area is 123 Å². The van der Waals surface area contributed by atoms with E-state index in [1.165, 1.54) is 31.4 Å². The van der Waals surface area contributed by atoms with E-state index >= 15 is 0 Å². The second-order valence-electron chi connectivity index (χ2n) is 5.62. The number of ether oxygens (including phenoxy) is 1. The minimum Gasteiger partial charge on any atom is -0.496 e. The fourth-order valence-corrected chi connectivity index (χ4v) is 3.68. The van der Waals surface area contributed by atoms with E-state index in [0.29, 0.717) is 6.04 Å². The molecule has 4 heteroatoms. The molecule has 2 aliphatic rings. The minimum atomic E-state index is 0.686. The predicted molar refractivity (Wildman–Crippen MR) is 80.5 cm³/mol. The van der Waals surface area contributed by atoms with Crippen molar-refractivity contribution in [1.82, 2.24) is 10.2 Å². The van der Waals surface area contributed by atoms with Gasteiger partial charge < -0.3 is 10.1 Å². The molecular weight excluding hydrogens is 304 g/mol. The first kappa shape index (κ1) is 13.4. The van der Waals surface area contributed by atoms with Gasteiger partial charge in [0.05, 0.1) is 7.11 Å². The lowest BCUT2D eigenvalue weighted by molar-refractivity contribution is 0.247. The molecule has 19 heavy (non-hydrogen) atoms. The summed E-state index contributed by atoms with van der Waals surface area (Å²) >= 11 is 3.55. The van der Waals surface area contributed by atoms with Crippen LogP contribution in [-0.4, -0.2) is 37.2 Å². The summed E-state index contributed by atoms with van der Waals surface area (Å²) in [7, 11) is 1.75. The van der Waals surface area contributed by atoms with Gasteiger partial charge in [0.25, 0.3) is 0 Å². The van der Waals surface area contributed by atoms with Crippen LogP contribution in [-0.2, 0) is 6.54 Å². The number of hydrogen-bond acceptors (Lipinski definition) is 3. The van der Waals surface area contributed by atoms with Crippen molar-refractivity contribution in [2.75, 3.05) is 20.2 Å². The van der Waals surface area contributed by atoms with Crippen molar-refractivity contribution < 1.29 is 4.74 Å². The van der Waals surface area contributed by atoms with E-state index in [-0.39, 0.29) is 0 Å². The Morgan fingerprint density at radius 3 is 3.00 bits per heavy atom. The normalized spacial score (nSPS) is 27.3. The summed E-state index contributed by atoms with van der Waals surface area (Å²) in [5.41, 5.74) is 1.27. The number of halogens is 1. The molecule has 3 rings (SSSR count). The van der Waals surface area contributed by atoms with E-state index in [0.717, 1.165) is 29.4 Å². The molecule has 0 aliphatic carbocycles. The zero-order valence-electron chi connectivity index (χ0n) is 11.4. The van der Waals surface area contributed by atoms with E-state index in [9.17, 15) is 0 Å². The highest BCUT2D eigenvalue weighted by molar-refractivity contribution is 9.10. The standard InChI is InChI=1S/C15H21BrN2O/c1-19-15-5-2-12(16)8-11(15)9-18-7-6-13-3-4-14(10-18)17-13/h2,5,8,13-14,17H,3-4,6-7,9-10H2,1H3/t13-,14+/m1/s1. The predicted octanol–water partition coefficient (Wildman–Crippen LogP) is 2.78. The fourth-order valence-electron chi connectivity index (χ4n) is 3.27. The van der Waals surface area contributed by atoms with Crippen LogP contribution < -0.4 is 10.1 Å². The van der Waals surface area contributed by atoms with E-state index in [2.05, 4.69) is 32.2 Å². The molecule has 1 N–H and O–H groups in total. The van der Waals surface area contributed by atoms with Crippen molar-refractivity contribution in [3.05, 3.63) is 28.2 Å². The molecule has 104 valence electrons. The van der Waals surface area contributed by atoms with Gasteiger partial charge in [0.15, 0.2) is 0 Å². The summed E-state index contributed by atoms with van der Waals surface area (Å²) in [5.74, 6) is 0.991. The summed E-state index contributed by atoms with van der Waals surface area (Å²) in [6, 6.07) is 7.69. The minimum absolute atomic E-state index is 0.686. The van der Waals surface area contributed by atoms with Gasteiger partial charge in [-0.25, -0.2) is 0 Å². The first-order chi connectivity index (χ1) is 9.24. The molecule has 0 unspecified atom stereocenters. The van der Waals surface area contributed by atoms with Crippen molar-refractivity contribution in [2.45, 2.75) is 37.9 Å². The highest BCUT2D eigenvalue weighted by atomic mass is 79.9. The molecule has 0 spiro atoms. The van der Waals surface area contributed by atoms with Crippen molar-refractivity contribution in [3.63, 3.8) is 0 Å². The number of rotatable bonds is 3. The third-order valence-corrected chi connectivity index (χ3v) is 4.74. The van der Waals surface area contributed by atoms with Crippen LogP contribution in [0.2, 0.25) is 0 Å². The van der Waals surface area contributed by atoms with Crippen LogP contribution in [0.3, 0.4) is 0 Å². The Morgan fingerprint density at radius 2 is 2.16 bits per heavy atom. The lowest BCUT2D eigenvalue weighted by Gasteiger charge is -2.24. The van der Waals surface area contributed by atoms with Crippen LogP contribution in [0.5, 0.6) is 5.75 Å². The lowest BCUT2D eigenvalue weighted by atomic mass is 10.1. The molecule has 0 radical (unpaired) electrons. The molecule has 2 heterocycles. The number of likely N-dealkylation sites (tertiary alicyclic amines) is 1. The average molecular weight is 325 g/mol. The summed E-state index contributed by atoms with van der Waals surface area (Å²) in [6.07, 6.45) is 3.96. The highest BCUT2D eigenvalue weighted by Crippen LogP contribution is 2.26. The van der Waals surface area contributed by atoms with Crippen molar-refractivity contribution >= 4 is 15.9 Å². The molecule has 3 nitrogen and oxygen atoms in total. The van der Waals surface area contributed by atoms with Gasteiger partial charge in [-0.15, -0.1) is 0 Å². The Kier molecular flexibility index (Phi) is 4.10. The van der Waals surface area contributed by atoms with Gasteiger partial charge in [0.2, 0.25) is 0 Å². The average Bonchev–Trinajstić information content (AvgIpc) is 2.73. The van der Waals surface area contributed by atoms with Gasteiger partial charge in [-0.05, 0) is 37.5 Å². The summed E-state index contributed by atoms with van der Waals surface area (Å²) in [4.78, 5) is 2.56. The molecule has 2 aliphatic heterocycles. The number of hydrogen-bond donors (Lipinski definition) is 1. The van der Waals surface area contributed by atoms with E-state index in [1.807, 2.05) is 12.1 Å². The van der Waals surface area contributed by atoms with E-state index in [4.69, 9.17) is 4.74 Å². The van der Waals surface area contributed by atoms with Crippen LogP contribution in [0.15, 0.2) is 22.7 Å². The Balaban J connectivity index is 1.72. The Bertz CT molecular complexity index is 452. The van der Waals surface area contributed by atoms with Crippen molar-refractivity contribution in [3.8, 4) is 5.75 Å². The van der Waals surface area contributed by atoms with E-state index < -0.39 is 0 Å². The largest absolute Gasteiger partial charge is 0.496 e. The number of benzene rings is 1. The summed E-state index contributed by atoms with van der Waals surface area (Å²) < 4.78 is 6.59. The van der Waals surface area contributed by atoms with Gasteiger partial charge in [-0.1, -0.05) is 15.9 Å². The maximum Gasteiger partial charge on any atom is 0.123 e. The SMILES string of the molecule is COc1ccc(Br)cc1CN1CC[C@H]2CC[C@@H](C1)N2. The maximum atomic E-state index is 5.47. The lowest BCUT2D eigenvalue weighted by Crippen LogP contribution is -2.35. The molecule has 0 saturated carbocycles. The first-order valence-electron chi connectivity index (χ1n) is 7.05. The highest BCUT2D eigenvalue weighted by Gasteiger charge is 2.29. The monoisotopic (exact) mass is 324 g/mol. The summed E-state index contributed by atoms with van der Waals surface area (Å²) in [5, 5.41) is 3.73.